The number of Topliss-reactive ketones (excluding diaryl/α,β-unsaturated/α-hetero) is 1. The summed E-state index contributed by atoms with van der Waals surface area (Å²) in [4.78, 5) is 12.8. The van der Waals surface area contributed by atoms with Crippen LogP contribution in [0.3, 0.4) is 0 Å². The zero-order valence-electron chi connectivity index (χ0n) is 16.7. The Bertz CT molecular complexity index is 745. The van der Waals surface area contributed by atoms with Crippen LogP contribution in [-0.4, -0.2) is 28.6 Å². The molecule has 0 aliphatic heterocycles. The number of phenols is 1. The molecule has 2 saturated carbocycles. The first-order valence-corrected chi connectivity index (χ1v) is 9.90. The highest BCUT2D eigenvalue weighted by Gasteiger charge is 2.79. The van der Waals surface area contributed by atoms with Gasteiger partial charge in [-0.25, -0.2) is 0 Å². The molecule has 0 amide bonds. The second-order valence-corrected chi connectivity index (χ2v) is 8.59. The van der Waals surface area contributed by atoms with Crippen LogP contribution in [0.1, 0.15) is 63.1 Å². The Labute approximate surface area is 156 Å². The van der Waals surface area contributed by atoms with Crippen LogP contribution < -0.4 is 5.73 Å². The van der Waals surface area contributed by atoms with Crippen LogP contribution in [0.2, 0.25) is 0 Å². The normalized spacial score (nSPS) is 40.3. The third-order valence-electron chi connectivity index (χ3n) is 8.06. The van der Waals surface area contributed by atoms with Crippen LogP contribution in [0, 0.1) is 24.2 Å². The molecule has 0 saturated heterocycles. The first-order valence-electron chi connectivity index (χ1n) is 9.90. The summed E-state index contributed by atoms with van der Waals surface area (Å²) < 4.78 is 0. The van der Waals surface area contributed by atoms with Crippen molar-refractivity contribution in [1.82, 2.24) is 0 Å². The third kappa shape index (κ3) is 1.90. The lowest BCUT2D eigenvalue weighted by Crippen LogP contribution is -2.79. The van der Waals surface area contributed by atoms with Crippen LogP contribution in [0.25, 0.3) is 0 Å². The van der Waals surface area contributed by atoms with Crippen LogP contribution in [0.5, 0.6) is 5.75 Å². The van der Waals surface area contributed by atoms with Crippen molar-refractivity contribution in [1.29, 1.82) is 0 Å². The van der Waals surface area contributed by atoms with Crippen molar-refractivity contribution in [2.75, 3.05) is 7.05 Å². The lowest BCUT2D eigenvalue weighted by atomic mass is 9.32. The van der Waals surface area contributed by atoms with E-state index >= 15 is 0 Å². The van der Waals surface area contributed by atoms with Gasteiger partial charge in [-0.3, -0.25) is 4.79 Å². The van der Waals surface area contributed by atoms with E-state index in [1.807, 2.05) is 19.9 Å². The summed E-state index contributed by atoms with van der Waals surface area (Å²) in [6, 6.07) is 3.76. The number of fused-ring (bicyclic) bond motifs is 3. The van der Waals surface area contributed by atoms with Crippen molar-refractivity contribution < 1.29 is 15.0 Å². The largest absolute Gasteiger partial charge is 0.508 e. The third-order valence-corrected chi connectivity index (χ3v) is 8.06. The maximum Gasteiger partial charge on any atom is 0.136 e. The molecule has 1 aromatic carbocycles. The van der Waals surface area contributed by atoms with Gasteiger partial charge in [0.25, 0.3) is 0 Å². The number of hydrogen-bond acceptors (Lipinski definition) is 4. The summed E-state index contributed by atoms with van der Waals surface area (Å²) >= 11 is 0. The first kappa shape index (κ1) is 19.4. The van der Waals surface area contributed by atoms with Gasteiger partial charge >= 0.3 is 0 Å². The SMILES string of the molecule is CCC12CCC(=O)C(C)C3(C1)c1c(ccc(O)c1C)CC(C)C23O.CN. The van der Waals surface area contributed by atoms with Gasteiger partial charge in [0.2, 0.25) is 0 Å². The number of aliphatic hydroxyl groups is 1. The maximum atomic E-state index is 12.8. The first-order chi connectivity index (χ1) is 12.2. The minimum absolute atomic E-state index is 0.121. The van der Waals surface area contributed by atoms with Crippen LogP contribution >= 0.6 is 0 Å². The lowest BCUT2D eigenvalue weighted by Gasteiger charge is -2.74. The molecule has 0 radical (unpaired) electrons. The number of ketones is 1. The number of carbonyl (C=O) groups is 1. The number of benzene rings is 1. The lowest BCUT2D eigenvalue weighted by molar-refractivity contribution is -0.278. The molecule has 144 valence electrons. The predicted molar refractivity (Wildman–Crippen MR) is 103 cm³/mol. The van der Waals surface area contributed by atoms with Gasteiger partial charge in [-0.05, 0) is 68.3 Å². The Kier molecular flexibility index (Phi) is 4.52. The van der Waals surface area contributed by atoms with E-state index in [1.54, 1.807) is 6.07 Å². The van der Waals surface area contributed by atoms with Crippen molar-refractivity contribution in [2.45, 2.75) is 70.8 Å². The molecule has 1 aromatic rings. The number of hydrogen-bond donors (Lipinski definition) is 3. The minimum Gasteiger partial charge on any atom is -0.508 e. The molecule has 4 nitrogen and oxygen atoms in total. The molecule has 1 spiro atoms. The number of nitrogens with two attached hydrogens (primary N) is 1. The van der Waals surface area contributed by atoms with E-state index in [4.69, 9.17) is 0 Å². The standard InChI is InChI=1S/C21H28O3.CH5N/c1-5-19-9-8-17(23)14(4)20(11-19)18-13(3)16(22)7-6-15(18)10-12(2)21(19,20)24;1-2/h6-7,12,14,22,24H,5,8-11H2,1-4H3;2H2,1H3. The summed E-state index contributed by atoms with van der Waals surface area (Å²) in [6.45, 7) is 8.24. The fraction of sp³-hybridized carbons (Fsp3) is 0.682. The molecule has 26 heavy (non-hydrogen) atoms. The summed E-state index contributed by atoms with van der Waals surface area (Å²) in [5, 5.41) is 22.4. The van der Waals surface area contributed by atoms with Crippen LogP contribution in [0.15, 0.2) is 12.1 Å². The van der Waals surface area contributed by atoms with E-state index in [0.717, 1.165) is 36.8 Å². The summed E-state index contributed by atoms with van der Waals surface area (Å²) in [5.74, 6) is 0.463. The van der Waals surface area contributed by atoms with Crippen molar-refractivity contribution in [3.8, 4) is 5.75 Å². The average molecular weight is 360 g/mol. The van der Waals surface area contributed by atoms with Crippen LogP contribution in [0.4, 0.5) is 0 Å². The zero-order chi connectivity index (χ0) is 19.5. The molecule has 3 aliphatic rings. The van der Waals surface area contributed by atoms with Crippen molar-refractivity contribution in [3.05, 3.63) is 28.8 Å². The van der Waals surface area contributed by atoms with E-state index < -0.39 is 11.0 Å². The monoisotopic (exact) mass is 359 g/mol. The molecule has 0 aromatic heterocycles. The van der Waals surface area contributed by atoms with Crippen LogP contribution in [-0.2, 0) is 16.6 Å². The van der Waals surface area contributed by atoms with E-state index in [-0.39, 0.29) is 28.8 Å². The van der Waals surface area contributed by atoms with Gasteiger partial charge in [-0.15, -0.1) is 0 Å². The fourth-order valence-electron chi connectivity index (χ4n) is 6.84. The van der Waals surface area contributed by atoms with E-state index in [9.17, 15) is 15.0 Å². The van der Waals surface area contributed by atoms with Gasteiger partial charge in [-0.2, -0.15) is 0 Å². The Hall–Kier alpha value is -1.39. The van der Waals surface area contributed by atoms with E-state index in [2.05, 4.69) is 19.6 Å². The second kappa shape index (κ2) is 6.07. The Balaban J connectivity index is 0.000000948. The highest BCUT2D eigenvalue weighted by atomic mass is 16.3. The quantitative estimate of drug-likeness (QED) is 0.719. The highest BCUT2D eigenvalue weighted by Crippen LogP contribution is 2.75. The molecular weight excluding hydrogens is 326 g/mol. The average Bonchev–Trinajstić information content (AvgIpc) is 2.80. The van der Waals surface area contributed by atoms with Gasteiger partial charge < -0.3 is 15.9 Å². The number of carbonyl (C=O) groups excluding carboxylic acids is 1. The molecule has 5 atom stereocenters. The molecular formula is C22H33NO3. The van der Waals surface area contributed by atoms with Crippen molar-refractivity contribution >= 4 is 5.78 Å². The topological polar surface area (TPSA) is 83.5 Å². The molecule has 0 heterocycles. The van der Waals surface area contributed by atoms with E-state index in [1.165, 1.54) is 12.6 Å². The molecule has 4 N–H and O–H groups in total. The Morgan fingerprint density at radius 3 is 2.54 bits per heavy atom. The van der Waals surface area contributed by atoms with Crippen molar-refractivity contribution in [3.63, 3.8) is 0 Å². The van der Waals surface area contributed by atoms with E-state index in [0.29, 0.717) is 6.42 Å². The predicted octanol–water partition coefficient (Wildman–Crippen LogP) is 3.24. The van der Waals surface area contributed by atoms with Gasteiger partial charge in [-0.1, -0.05) is 26.8 Å². The Morgan fingerprint density at radius 2 is 1.92 bits per heavy atom. The highest BCUT2D eigenvalue weighted by molar-refractivity contribution is 5.85. The van der Waals surface area contributed by atoms with Gasteiger partial charge in [0.15, 0.2) is 0 Å². The van der Waals surface area contributed by atoms with Gasteiger partial charge in [0, 0.05) is 23.2 Å². The zero-order valence-corrected chi connectivity index (χ0v) is 16.7. The molecule has 4 rings (SSSR count). The minimum atomic E-state index is -0.855. The van der Waals surface area contributed by atoms with Gasteiger partial charge in [0.1, 0.15) is 11.5 Å². The summed E-state index contributed by atoms with van der Waals surface area (Å²) in [5.41, 5.74) is 6.06. The number of phenolic OH excluding ortho intramolecular Hbond substituents is 1. The molecule has 5 unspecified atom stereocenters. The molecule has 4 heteroatoms. The number of aromatic hydroxyl groups is 1. The van der Waals surface area contributed by atoms with Crippen molar-refractivity contribution in [2.24, 2.45) is 23.0 Å². The summed E-state index contributed by atoms with van der Waals surface area (Å²) in [7, 11) is 1.50. The molecule has 2 bridgehead atoms. The molecule has 3 aliphatic carbocycles. The smallest absolute Gasteiger partial charge is 0.136 e. The number of rotatable bonds is 1. The second-order valence-electron chi connectivity index (χ2n) is 8.59. The molecule has 2 fully saturated rings. The Morgan fingerprint density at radius 1 is 1.27 bits per heavy atom. The van der Waals surface area contributed by atoms with Gasteiger partial charge in [0.05, 0.1) is 5.60 Å². The maximum absolute atomic E-state index is 12.8. The fourth-order valence-corrected chi connectivity index (χ4v) is 6.84. The summed E-state index contributed by atoms with van der Waals surface area (Å²) in [6.07, 6.45) is 3.95.